The quantitative estimate of drug-likeness (QED) is 0.864. The predicted molar refractivity (Wildman–Crippen MR) is 83.2 cm³/mol. The van der Waals surface area contributed by atoms with Gasteiger partial charge in [0.1, 0.15) is 11.4 Å². The molecule has 2 aromatic rings. The Bertz CT molecular complexity index is 593. The Kier molecular flexibility index (Phi) is 4.84. The Morgan fingerprint density at radius 3 is 2.85 bits per heavy atom. The largest absolute Gasteiger partial charge is 0.493 e. The molecule has 1 aromatic heterocycles. The van der Waals surface area contributed by atoms with E-state index in [1.54, 1.807) is 12.3 Å². The zero-order chi connectivity index (χ0) is 14.5. The molecule has 0 aliphatic rings. The summed E-state index contributed by atoms with van der Waals surface area (Å²) in [5, 5.41) is 2.83. The van der Waals surface area contributed by atoms with E-state index in [2.05, 4.69) is 40.1 Å². The van der Waals surface area contributed by atoms with Gasteiger partial charge in [-0.1, -0.05) is 19.9 Å². The monoisotopic (exact) mass is 336 g/mol. The van der Waals surface area contributed by atoms with Crippen molar-refractivity contribution in [3.63, 3.8) is 0 Å². The molecule has 0 saturated heterocycles. The van der Waals surface area contributed by atoms with Gasteiger partial charge >= 0.3 is 0 Å². The van der Waals surface area contributed by atoms with Crippen LogP contribution >= 0.6 is 15.9 Å². The third-order valence-corrected chi connectivity index (χ3v) is 3.03. The van der Waals surface area contributed by atoms with Crippen molar-refractivity contribution in [2.75, 3.05) is 11.9 Å². The van der Waals surface area contributed by atoms with Gasteiger partial charge in [-0.15, -0.1) is 0 Å². The van der Waals surface area contributed by atoms with Crippen LogP contribution in [0.25, 0.3) is 0 Å². The van der Waals surface area contributed by atoms with Crippen molar-refractivity contribution < 1.29 is 9.53 Å². The van der Waals surface area contributed by atoms with Crippen molar-refractivity contribution in [2.45, 2.75) is 13.8 Å². The first kappa shape index (κ1) is 14.7. The molecule has 1 aromatic carbocycles. The Balaban J connectivity index is 2.02. The standard InChI is InChI=1S/C15H17BrN2O2/c1-10(2)9-20-13-5-3-4-12(7-13)18-15(19)14-6-11(16)8-17-14/h3-8,10,17H,9H2,1-2H3,(H,18,19). The molecule has 0 aliphatic carbocycles. The fourth-order valence-corrected chi connectivity index (χ4v) is 1.97. The van der Waals surface area contributed by atoms with Crippen LogP contribution in [-0.4, -0.2) is 17.5 Å². The SMILES string of the molecule is CC(C)COc1cccc(NC(=O)c2cc(Br)c[nH]2)c1. The number of halogens is 1. The van der Waals surface area contributed by atoms with Gasteiger partial charge in [0.2, 0.25) is 0 Å². The smallest absolute Gasteiger partial charge is 0.272 e. The van der Waals surface area contributed by atoms with Gasteiger partial charge in [-0.3, -0.25) is 4.79 Å². The van der Waals surface area contributed by atoms with Crippen molar-refractivity contribution in [1.82, 2.24) is 4.98 Å². The van der Waals surface area contributed by atoms with E-state index < -0.39 is 0 Å². The molecule has 1 amide bonds. The summed E-state index contributed by atoms with van der Waals surface area (Å²) in [6.45, 7) is 4.84. The van der Waals surface area contributed by atoms with Gasteiger partial charge < -0.3 is 15.0 Å². The van der Waals surface area contributed by atoms with Gasteiger partial charge in [0.05, 0.1) is 6.61 Å². The first-order chi connectivity index (χ1) is 9.54. The minimum Gasteiger partial charge on any atom is -0.493 e. The lowest BCUT2D eigenvalue weighted by molar-refractivity contribution is 0.102. The van der Waals surface area contributed by atoms with Gasteiger partial charge in [-0.25, -0.2) is 0 Å². The zero-order valence-corrected chi connectivity index (χ0v) is 13.0. The Hall–Kier alpha value is -1.75. The highest BCUT2D eigenvalue weighted by Gasteiger charge is 2.08. The van der Waals surface area contributed by atoms with E-state index in [9.17, 15) is 4.79 Å². The predicted octanol–water partition coefficient (Wildman–Crippen LogP) is 4.06. The average molecular weight is 337 g/mol. The summed E-state index contributed by atoms with van der Waals surface area (Å²) in [4.78, 5) is 14.9. The molecule has 2 N–H and O–H groups in total. The topological polar surface area (TPSA) is 54.1 Å². The lowest BCUT2D eigenvalue weighted by Crippen LogP contribution is -2.12. The molecule has 2 rings (SSSR count). The number of aromatic amines is 1. The Morgan fingerprint density at radius 2 is 2.20 bits per heavy atom. The van der Waals surface area contributed by atoms with Crippen molar-refractivity contribution in [2.24, 2.45) is 5.92 Å². The summed E-state index contributed by atoms with van der Waals surface area (Å²) in [7, 11) is 0. The number of amides is 1. The van der Waals surface area contributed by atoms with Crippen LogP contribution in [0.1, 0.15) is 24.3 Å². The maximum atomic E-state index is 12.0. The number of aromatic nitrogens is 1. The summed E-state index contributed by atoms with van der Waals surface area (Å²) < 4.78 is 6.48. The van der Waals surface area contributed by atoms with E-state index in [1.807, 2.05) is 24.3 Å². The summed E-state index contributed by atoms with van der Waals surface area (Å²) >= 11 is 3.30. The number of hydrogen-bond donors (Lipinski definition) is 2. The fraction of sp³-hybridized carbons (Fsp3) is 0.267. The first-order valence-electron chi connectivity index (χ1n) is 6.42. The fourth-order valence-electron chi connectivity index (χ4n) is 1.62. The number of carbonyl (C=O) groups is 1. The molecule has 0 atom stereocenters. The van der Waals surface area contributed by atoms with Crippen LogP contribution in [-0.2, 0) is 0 Å². The van der Waals surface area contributed by atoms with Crippen molar-refractivity contribution in [3.8, 4) is 5.75 Å². The molecule has 4 nitrogen and oxygen atoms in total. The number of hydrogen-bond acceptors (Lipinski definition) is 2. The molecular weight excluding hydrogens is 320 g/mol. The summed E-state index contributed by atoms with van der Waals surface area (Å²) in [5.41, 5.74) is 1.22. The van der Waals surface area contributed by atoms with Crippen LogP contribution in [0, 0.1) is 5.92 Å². The van der Waals surface area contributed by atoms with Crippen LogP contribution < -0.4 is 10.1 Å². The molecular formula is C15H17BrN2O2. The average Bonchev–Trinajstić information content (AvgIpc) is 2.84. The van der Waals surface area contributed by atoms with Gasteiger partial charge in [-0.05, 0) is 40.0 Å². The highest BCUT2D eigenvalue weighted by atomic mass is 79.9. The highest BCUT2D eigenvalue weighted by molar-refractivity contribution is 9.10. The lowest BCUT2D eigenvalue weighted by atomic mass is 10.2. The normalized spacial score (nSPS) is 10.6. The molecule has 1 heterocycles. The lowest BCUT2D eigenvalue weighted by Gasteiger charge is -2.10. The van der Waals surface area contributed by atoms with E-state index >= 15 is 0 Å². The van der Waals surface area contributed by atoms with E-state index in [4.69, 9.17) is 4.74 Å². The van der Waals surface area contributed by atoms with E-state index in [-0.39, 0.29) is 5.91 Å². The molecule has 0 bridgehead atoms. The molecule has 20 heavy (non-hydrogen) atoms. The van der Waals surface area contributed by atoms with Crippen LogP contribution in [0.5, 0.6) is 5.75 Å². The summed E-state index contributed by atoms with van der Waals surface area (Å²) in [5.74, 6) is 1.03. The zero-order valence-electron chi connectivity index (χ0n) is 11.4. The summed E-state index contributed by atoms with van der Waals surface area (Å²) in [6.07, 6.45) is 1.72. The molecule has 0 spiro atoms. The van der Waals surface area contributed by atoms with Crippen molar-refractivity contribution in [1.29, 1.82) is 0 Å². The number of ether oxygens (including phenoxy) is 1. The number of anilines is 1. The number of nitrogens with one attached hydrogen (secondary N) is 2. The Labute approximate surface area is 126 Å². The number of benzene rings is 1. The van der Waals surface area contributed by atoms with Crippen LogP contribution in [0.3, 0.4) is 0 Å². The van der Waals surface area contributed by atoms with Crippen molar-refractivity contribution >= 4 is 27.5 Å². The van der Waals surface area contributed by atoms with Gasteiger partial charge in [0.25, 0.3) is 5.91 Å². The molecule has 5 heteroatoms. The van der Waals surface area contributed by atoms with Gasteiger partial charge in [0.15, 0.2) is 0 Å². The van der Waals surface area contributed by atoms with Gasteiger partial charge in [-0.2, -0.15) is 0 Å². The van der Waals surface area contributed by atoms with Gasteiger partial charge in [0, 0.05) is 22.4 Å². The molecule has 0 saturated carbocycles. The molecule has 0 unspecified atom stereocenters. The minimum atomic E-state index is -0.184. The van der Waals surface area contributed by atoms with Crippen LogP contribution in [0.15, 0.2) is 41.0 Å². The summed E-state index contributed by atoms with van der Waals surface area (Å²) in [6, 6.07) is 9.12. The number of carbonyl (C=O) groups excluding carboxylic acids is 1. The maximum absolute atomic E-state index is 12.0. The number of rotatable bonds is 5. The van der Waals surface area contributed by atoms with E-state index in [0.717, 1.165) is 10.2 Å². The first-order valence-corrected chi connectivity index (χ1v) is 7.22. The maximum Gasteiger partial charge on any atom is 0.272 e. The molecule has 106 valence electrons. The second kappa shape index (κ2) is 6.61. The van der Waals surface area contributed by atoms with Crippen LogP contribution in [0.2, 0.25) is 0 Å². The third kappa shape index (κ3) is 4.13. The Morgan fingerprint density at radius 1 is 1.40 bits per heavy atom. The van der Waals surface area contributed by atoms with E-state index in [0.29, 0.717) is 23.9 Å². The number of H-pyrrole nitrogens is 1. The third-order valence-electron chi connectivity index (χ3n) is 2.57. The highest BCUT2D eigenvalue weighted by Crippen LogP contribution is 2.19. The van der Waals surface area contributed by atoms with Crippen LogP contribution in [0.4, 0.5) is 5.69 Å². The minimum absolute atomic E-state index is 0.184. The molecule has 0 fully saturated rings. The molecule has 0 radical (unpaired) electrons. The second-order valence-corrected chi connectivity index (χ2v) is 5.83. The molecule has 0 aliphatic heterocycles. The van der Waals surface area contributed by atoms with E-state index in [1.165, 1.54) is 0 Å². The second-order valence-electron chi connectivity index (χ2n) is 4.92. The van der Waals surface area contributed by atoms with Crippen molar-refractivity contribution in [3.05, 3.63) is 46.7 Å².